The molecule has 1 aliphatic rings. The molecule has 25 heavy (non-hydrogen) atoms. The third-order valence-electron chi connectivity index (χ3n) is 3.94. The van der Waals surface area contributed by atoms with Crippen molar-refractivity contribution in [3.63, 3.8) is 0 Å². The van der Waals surface area contributed by atoms with Gasteiger partial charge in [-0.2, -0.15) is 0 Å². The Morgan fingerprint density at radius 1 is 1.40 bits per heavy atom. The van der Waals surface area contributed by atoms with E-state index in [4.69, 9.17) is 4.74 Å². The normalized spacial score (nSPS) is 17.2. The Morgan fingerprint density at radius 2 is 2.16 bits per heavy atom. The van der Waals surface area contributed by atoms with E-state index in [0.717, 1.165) is 0 Å². The molecule has 0 aromatic heterocycles. The van der Waals surface area contributed by atoms with Crippen LogP contribution in [0.25, 0.3) is 0 Å². The number of hydrogen-bond donors (Lipinski definition) is 2. The monoisotopic (exact) mass is 344 g/mol. The molecule has 0 heterocycles. The van der Waals surface area contributed by atoms with Gasteiger partial charge < -0.3 is 15.2 Å². The zero-order valence-electron chi connectivity index (χ0n) is 14.8. The first-order valence-corrected chi connectivity index (χ1v) is 8.19. The van der Waals surface area contributed by atoms with E-state index < -0.39 is 0 Å². The average molecular weight is 344 g/mol. The number of hydrogen-bond acceptors (Lipinski definition) is 5. The van der Waals surface area contributed by atoms with Crippen molar-refractivity contribution in [1.82, 2.24) is 5.32 Å². The van der Waals surface area contributed by atoms with E-state index >= 15 is 0 Å². The predicted molar refractivity (Wildman–Crippen MR) is 96.5 cm³/mol. The molecule has 0 unspecified atom stereocenters. The molecule has 2 rings (SSSR count). The number of aliphatic imine (C=N–C) groups is 1. The molecule has 0 aliphatic heterocycles. The summed E-state index contributed by atoms with van der Waals surface area (Å²) < 4.78 is 4.89. The quantitative estimate of drug-likeness (QED) is 0.613. The van der Waals surface area contributed by atoms with E-state index in [0.29, 0.717) is 37.2 Å². The highest BCUT2D eigenvalue weighted by Crippen LogP contribution is 2.35. The molecule has 0 radical (unpaired) electrons. The first-order chi connectivity index (χ1) is 11.8. The molecule has 0 saturated heterocycles. The number of methoxy groups -OCH3 is 1. The molecule has 0 bridgehead atoms. The van der Waals surface area contributed by atoms with Crippen LogP contribution < -0.4 is 5.32 Å². The van der Waals surface area contributed by atoms with E-state index in [1.165, 1.54) is 6.21 Å². The highest BCUT2D eigenvalue weighted by Gasteiger charge is 2.32. The molecule has 0 atom stereocenters. The summed E-state index contributed by atoms with van der Waals surface area (Å²) in [5.41, 5.74) is 1.02. The van der Waals surface area contributed by atoms with Crippen LogP contribution in [-0.2, 0) is 9.53 Å². The minimum atomic E-state index is -0.237. The molecule has 6 heteroatoms. The second-order valence-electron chi connectivity index (χ2n) is 6.86. The molecular formula is C19H24N2O4. The maximum Gasteiger partial charge on any atom is 0.251 e. The number of carbonyl (C=O) groups is 2. The van der Waals surface area contributed by atoms with Crippen LogP contribution in [0.1, 0.15) is 37.0 Å². The number of Topliss-reactive ketones (excluding diaryl/α,β-unsaturated/α-hetero) is 1. The lowest BCUT2D eigenvalue weighted by Gasteiger charge is -2.28. The van der Waals surface area contributed by atoms with Crippen molar-refractivity contribution in [1.29, 1.82) is 0 Å². The van der Waals surface area contributed by atoms with Crippen LogP contribution in [0.3, 0.4) is 0 Å². The number of amides is 1. The minimum Gasteiger partial charge on any atom is -0.511 e. The second kappa shape index (κ2) is 8.07. The number of carbonyl (C=O) groups excluding carboxylic acids is 2. The zero-order chi connectivity index (χ0) is 18.4. The van der Waals surface area contributed by atoms with Gasteiger partial charge in [-0.25, -0.2) is 0 Å². The Balaban J connectivity index is 2.13. The Labute approximate surface area is 147 Å². The van der Waals surface area contributed by atoms with Gasteiger partial charge in [-0.1, -0.05) is 19.9 Å². The van der Waals surface area contributed by atoms with Gasteiger partial charge in [-0.3, -0.25) is 14.6 Å². The average Bonchev–Trinajstić information content (AvgIpc) is 2.53. The largest absolute Gasteiger partial charge is 0.511 e. The van der Waals surface area contributed by atoms with Gasteiger partial charge in [-0.15, -0.1) is 0 Å². The lowest BCUT2D eigenvalue weighted by atomic mass is 9.77. The summed E-state index contributed by atoms with van der Waals surface area (Å²) in [7, 11) is 1.57. The minimum absolute atomic E-state index is 0.0680. The van der Waals surface area contributed by atoms with Gasteiger partial charge in [0, 0.05) is 38.3 Å². The molecule has 6 nitrogen and oxygen atoms in total. The van der Waals surface area contributed by atoms with Crippen molar-refractivity contribution < 1.29 is 19.4 Å². The number of aliphatic hydroxyl groups excluding tert-OH is 1. The number of allylic oxidation sites excluding steroid dienone is 2. The SMILES string of the molecule is COCCNC(=O)c1cccc(N=CC2=C(O)CC(C)(C)CC2=O)c1. The zero-order valence-corrected chi connectivity index (χ0v) is 14.8. The first kappa shape index (κ1) is 18.9. The van der Waals surface area contributed by atoms with Crippen LogP contribution in [0.4, 0.5) is 5.69 Å². The van der Waals surface area contributed by atoms with Crippen LogP contribution in [0.15, 0.2) is 40.6 Å². The summed E-state index contributed by atoms with van der Waals surface area (Å²) in [4.78, 5) is 28.5. The van der Waals surface area contributed by atoms with Crippen LogP contribution in [0.5, 0.6) is 0 Å². The van der Waals surface area contributed by atoms with Gasteiger partial charge >= 0.3 is 0 Å². The van der Waals surface area contributed by atoms with Gasteiger partial charge in [0.05, 0.1) is 17.9 Å². The first-order valence-electron chi connectivity index (χ1n) is 8.19. The van der Waals surface area contributed by atoms with Gasteiger partial charge in [0.25, 0.3) is 5.91 Å². The van der Waals surface area contributed by atoms with E-state index in [9.17, 15) is 14.7 Å². The Hall–Kier alpha value is -2.47. The topological polar surface area (TPSA) is 88.0 Å². The highest BCUT2D eigenvalue weighted by atomic mass is 16.5. The third-order valence-corrected chi connectivity index (χ3v) is 3.94. The molecule has 1 aliphatic carbocycles. The van der Waals surface area contributed by atoms with Crippen molar-refractivity contribution in [3.8, 4) is 0 Å². The fourth-order valence-corrected chi connectivity index (χ4v) is 2.68. The summed E-state index contributed by atoms with van der Waals surface area (Å²) in [5, 5.41) is 12.8. The lowest BCUT2D eigenvalue weighted by molar-refractivity contribution is -0.117. The number of benzene rings is 1. The molecule has 2 N–H and O–H groups in total. The number of ketones is 1. The molecule has 134 valence electrons. The van der Waals surface area contributed by atoms with Crippen molar-refractivity contribution >= 4 is 23.6 Å². The molecular weight excluding hydrogens is 320 g/mol. The van der Waals surface area contributed by atoms with Gasteiger partial charge in [-0.05, 0) is 23.6 Å². The van der Waals surface area contributed by atoms with Crippen LogP contribution >= 0.6 is 0 Å². The number of nitrogens with zero attached hydrogens (tertiary/aromatic N) is 1. The van der Waals surface area contributed by atoms with Gasteiger partial charge in [0.1, 0.15) is 5.76 Å². The van der Waals surface area contributed by atoms with E-state index in [-0.39, 0.29) is 28.4 Å². The van der Waals surface area contributed by atoms with Crippen LogP contribution in [0, 0.1) is 5.41 Å². The predicted octanol–water partition coefficient (Wildman–Crippen LogP) is 2.97. The lowest BCUT2D eigenvalue weighted by Crippen LogP contribution is -2.26. The second-order valence-corrected chi connectivity index (χ2v) is 6.86. The summed E-state index contributed by atoms with van der Waals surface area (Å²) in [6.07, 6.45) is 2.21. The van der Waals surface area contributed by atoms with Crippen LogP contribution in [-0.4, -0.2) is 43.3 Å². The third kappa shape index (κ3) is 5.26. The fraction of sp³-hybridized carbons (Fsp3) is 0.421. The number of rotatable bonds is 6. The maximum atomic E-state index is 12.2. The molecule has 1 aromatic rings. The van der Waals surface area contributed by atoms with Gasteiger partial charge in [0.2, 0.25) is 0 Å². The van der Waals surface area contributed by atoms with E-state index in [1.54, 1.807) is 31.4 Å². The smallest absolute Gasteiger partial charge is 0.251 e. The molecule has 1 amide bonds. The molecule has 0 spiro atoms. The molecule has 1 aromatic carbocycles. The van der Waals surface area contributed by atoms with E-state index in [2.05, 4.69) is 10.3 Å². The summed E-state index contributed by atoms with van der Waals surface area (Å²) in [6, 6.07) is 6.77. The summed E-state index contributed by atoms with van der Waals surface area (Å²) >= 11 is 0. The van der Waals surface area contributed by atoms with Crippen molar-refractivity contribution in [2.45, 2.75) is 26.7 Å². The Morgan fingerprint density at radius 3 is 2.84 bits per heavy atom. The Kier molecular flexibility index (Phi) is 6.09. The number of ether oxygens (including phenoxy) is 1. The molecule has 0 fully saturated rings. The van der Waals surface area contributed by atoms with E-state index in [1.807, 2.05) is 13.8 Å². The van der Waals surface area contributed by atoms with Gasteiger partial charge in [0.15, 0.2) is 5.78 Å². The van der Waals surface area contributed by atoms with Crippen molar-refractivity contribution in [3.05, 3.63) is 41.2 Å². The van der Waals surface area contributed by atoms with Crippen LogP contribution in [0.2, 0.25) is 0 Å². The highest BCUT2D eigenvalue weighted by molar-refractivity contribution is 6.15. The standard InChI is InChI=1S/C19H24N2O4/c1-19(2)10-16(22)15(17(23)11-19)12-21-14-6-4-5-13(9-14)18(24)20-7-8-25-3/h4-6,9,12,22H,7-8,10-11H2,1-3H3,(H,20,24). The summed E-state index contributed by atoms with van der Waals surface area (Å²) in [5.74, 6) is -0.268. The summed E-state index contributed by atoms with van der Waals surface area (Å²) in [6.45, 7) is 4.75. The van der Waals surface area contributed by atoms with Crippen molar-refractivity contribution in [2.75, 3.05) is 20.3 Å². The number of aliphatic hydroxyl groups is 1. The number of nitrogens with one attached hydrogen (secondary N) is 1. The molecule has 0 saturated carbocycles. The maximum absolute atomic E-state index is 12.2. The fourth-order valence-electron chi connectivity index (χ4n) is 2.68. The van der Waals surface area contributed by atoms with Crippen molar-refractivity contribution in [2.24, 2.45) is 10.4 Å². The Bertz CT molecular complexity index is 720.